The van der Waals surface area contributed by atoms with Gasteiger partial charge in [-0.1, -0.05) is 6.42 Å². The van der Waals surface area contributed by atoms with E-state index < -0.39 is 12.0 Å². The molecule has 0 radical (unpaired) electrons. The molecule has 7 nitrogen and oxygen atoms in total. The lowest BCUT2D eigenvalue weighted by Gasteiger charge is -2.21. The van der Waals surface area contributed by atoms with E-state index in [9.17, 15) is 14.7 Å². The molecule has 1 saturated carbocycles. The average molecular weight is 292 g/mol. The number of rotatable bonds is 5. The number of H-pyrrole nitrogens is 1. The van der Waals surface area contributed by atoms with Crippen LogP contribution in [0, 0.1) is 11.8 Å². The number of carboxylic acid groups (broad SMARTS) is 1. The van der Waals surface area contributed by atoms with Crippen molar-refractivity contribution in [2.45, 2.75) is 37.8 Å². The molecule has 3 unspecified atom stereocenters. The molecule has 2 fully saturated rings. The van der Waals surface area contributed by atoms with Gasteiger partial charge in [0, 0.05) is 18.3 Å². The second-order valence-electron chi connectivity index (χ2n) is 5.92. The van der Waals surface area contributed by atoms with Gasteiger partial charge in [0.25, 0.3) is 0 Å². The van der Waals surface area contributed by atoms with Gasteiger partial charge in [-0.3, -0.25) is 4.79 Å². The summed E-state index contributed by atoms with van der Waals surface area (Å²) >= 11 is 0. The van der Waals surface area contributed by atoms with Crippen LogP contribution in [0.2, 0.25) is 0 Å². The van der Waals surface area contributed by atoms with Crippen LogP contribution >= 0.6 is 0 Å². The van der Waals surface area contributed by atoms with Gasteiger partial charge >= 0.3 is 5.97 Å². The van der Waals surface area contributed by atoms with Crippen molar-refractivity contribution in [1.82, 2.24) is 20.6 Å². The first-order chi connectivity index (χ1) is 10.1. The normalized spacial score (nSPS) is 29.0. The van der Waals surface area contributed by atoms with Gasteiger partial charge in [-0.05, 0) is 31.2 Å². The van der Waals surface area contributed by atoms with E-state index in [1.54, 1.807) is 6.20 Å². The van der Waals surface area contributed by atoms with E-state index in [1.165, 1.54) is 6.33 Å². The molecule has 1 aromatic rings. The molecule has 1 amide bonds. The van der Waals surface area contributed by atoms with E-state index in [2.05, 4.69) is 20.6 Å². The van der Waals surface area contributed by atoms with Crippen LogP contribution in [0.4, 0.5) is 0 Å². The molecule has 1 aromatic heterocycles. The minimum atomic E-state index is -1.03. The van der Waals surface area contributed by atoms with Gasteiger partial charge < -0.3 is 20.7 Å². The third kappa shape index (κ3) is 2.92. The zero-order valence-electron chi connectivity index (χ0n) is 11.7. The maximum absolute atomic E-state index is 12.4. The molecule has 0 spiro atoms. The number of imidazole rings is 1. The molecule has 2 aliphatic rings. The minimum Gasteiger partial charge on any atom is -0.480 e. The van der Waals surface area contributed by atoms with Crippen molar-refractivity contribution >= 4 is 11.9 Å². The van der Waals surface area contributed by atoms with Crippen molar-refractivity contribution in [2.75, 3.05) is 6.54 Å². The number of nitrogens with zero attached hydrogens (tertiary/aromatic N) is 1. The molecule has 21 heavy (non-hydrogen) atoms. The van der Waals surface area contributed by atoms with Crippen LogP contribution in [-0.4, -0.2) is 45.6 Å². The quantitative estimate of drug-likeness (QED) is 0.607. The summed E-state index contributed by atoms with van der Waals surface area (Å²) < 4.78 is 0. The number of hydrogen-bond donors (Lipinski definition) is 4. The number of carbonyl (C=O) groups excluding carboxylic acids is 1. The Morgan fingerprint density at radius 1 is 1.48 bits per heavy atom. The Labute approximate surface area is 122 Å². The highest BCUT2D eigenvalue weighted by molar-refractivity contribution is 5.87. The third-order valence-electron chi connectivity index (χ3n) is 4.62. The Bertz CT molecular complexity index is 516. The highest BCUT2D eigenvalue weighted by atomic mass is 16.4. The van der Waals surface area contributed by atoms with E-state index in [0.29, 0.717) is 17.5 Å². The zero-order chi connectivity index (χ0) is 14.8. The molecule has 7 heteroatoms. The maximum atomic E-state index is 12.4. The number of fused-ring (bicyclic) bond motifs is 1. The highest BCUT2D eigenvalue weighted by Gasteiger charge is 2.43. The Kier molecular flexibility index (Phi) is 3.92. The van der Waals surface area contributed by atoms with E-state index in [4.69, 9.17) is 0 Å². The van der Waals surface area contributed by atoms with E-state index in [-0.39, 0.29) is 18.4 Å². The van der Waals surface area contributed by atoms with Crippen molar-refractivity contribution in [2.24, 2.45) is 11.8 Å². The Morgan fingerprint density at radius 3 is 3.05 bits per heavy atom. The first-order valence-corrected chi connectivity index (χ1v) is 7.39. The van der Waals surface area contributed by atoms with E-state index in [1.807, 2.05) is 0 Å². The fraction of sp³-hybridized carbons (Fsp3) is 0.643. The zero-order valence-corrected chi connectivity index (χ0v) is 11.7. The van der Waals surface area contributed by atoms with Crippen LogP contribution in [0.5, 0.6) is 0 Å². The molecule has 0 aromatic carbocycles. The van der Waals surface area contributed by atoms with Gasteiger partial charge in [0.1, 0.15) is 6.04 Å². The first-order valence-electron chi connectivity index (χ1n) is 7.39. The molecule has 3 rings (SSSR count). The summed E-state index contributed by atoms with van der Waals surface area (Å²) in [4.78, 5) is 30.4. The topological polar surface area (TPSA) is 107 Å². The second-order valence-corrected chi connectivity index (χ2v) is 5.92. The molecule has 2 heterocycles. The van der Waals surface area contributed by atoms with Crippen LogP contribution in [-0.2, 0) is 16.0 Å². The fourth-order valence-electron chi connectivity index (χ4n) is 3.55. The monoisotopic (exact) mass is 292 g/mol. The van der Waals surface area contributed by atoms with Crippen molar-refractivity contribution in [3.8, 4) is 0 Å². The number of amides is 1. The van der Waals surface area contributed by atoms with E-state index >= 15 is 0 Å². The lowest BCUT2D eigenvalue weighted by atomic mass is 9.93. The van der Waals surface area contributed by atoms with E-state index in [0.717, 1.165) is 25.8 Å². The van der Waals surface area contributed by atoms with Gasteiger partial charge in [0.05, 0.1) is 12.4 Å². The molecule has 4 atom stereocenters. The summed E-state index contributed by atoms with van der Waals surface area (Å²) in [5.41, 5.74) is 0.695. The number of aromatic amines is 1. The summed E-state index contributed by atoms with van der Waals surface area (Å²) in [6.45, 7) is 0.862. The smallest absolute Gasteiger partial charge is 0.326 e. The SMILES string of the molecule is O=C(N[C@H](Cc1cnc[nH]1)C(=O)O)C1NCC2CCCC21. The predicted molar refractivity (Wildman–Crippen MR) is 74.5 cm³/mol. The first kappa shape index (κ1) is 14.1. The van der Waals surface area contributed by atoms with Gasteiger partial charge in [0.15, 0.2) is 0 Å². The fourth-order valence-corrected chi connectivity index (χ4v) is 3.55. The third-order valence-corrected chi connectivity index (χ3v) is 4.62. The minimum absolute atomic E-state index is 0.198. The number of aromatic nitrogens is 2. The van der Waals surface area contributed by atoms with Gasteiger partial charge in [-0.25, -0.2) is 9.78 Å². The molecule has 1 aliphatic carbocycles. The summed E-state index contributed by atoms with van der Waals surface area (Å²) in [6.07, 6.45) is 6.66. The molecule has 1 aliphatic heterocycles. The molecule has 0 bridgehead atoms. The average Bonchev–Trinajstić information content (AvgIpc) is 3.14. The number of nitrogens with one attached hydrogen (secondary N) is 3. The Balaban J connectivity index is 1.62. The van der Waals surface area contributed by atoms with Crippen LogP contribution in [0.25, 0.3) is 0 Å². The highest BCUT2D eigenvalue weighted by Crippen LogP contribution is 2.37. The lowest BCUT2D eigenvalue weighted by Crippen LogP contribution is -2.51. The second kappa shape index (κ2) is 5.85. The molecule has 1 saturated heterocycles. The van der Waals surface area contributed by atoms with Crippen molar-refractivity contribution < 1.29 is 14.7 Å². The summed E-state index contributed by atoms with van der Waals surface area (Å²) in [5, 5.41) is 15.2. The maximum Gasteiger partial charge on any atom is 0.326 e. The number of carboxylic acids is 1. The molecule has 114 valence electrons. The molecular formula is C14H20N4O3. The molecule has 4 N–H and O–H groups in total. The summed E-state index contributed by atoms with van der Waals surface area (Å²) in [6, 6.07) is -1.18. The largest absolute Gasteiger partial charge is 0.480 e. The number of hydrogen-bond acceptors (Lipinski definition) is 4. The molecular weight excluding hydrogens is 272 g/mol. The van der Waals surface area contributed by atoms with Crippen LogP contribution in [0.1, 0.15) is 25.0 Å². The standard InChI is InChI=1S/C14H20N4O3/c19-13(12-10-3-1-2-8(10)5-16-12)18-11(14(20)21)4-9-6-15-7-17-9/h6-8,10-12,16H,1-5H2,(H,15,17)(H,18,19)(H,20,21)/t8?,10?,11-,12?/m1/s1. The van der Waals surface area contributed by atoms with Crippen LogP contribution < -0.4 is 10.6 Å². The van der Waals surface area contributed by atoms with Crippen molar-refractivity contribution in [1.29, 1.82) is 0 Å². The van der Waals surface area contributed by atoms with Crippen molar-refractivity contribution in [3.05, 3.63) is 18.2 Å². The van der Waals surface area contributed by atoms with Gasteiger partial charge in [-0.15, -0.1) is 0 Å². The number of aliphatic carboxylic acids is 1. The van der Waals surface area contributed by atoms with Crippen LogP contribution in [0.15, 0.2) is 12.5 Å². The lowest BCUT2D eigenvalue weighted by molar-refractivity contribution is -0.142. The Morgan fingerprint density at radius 2 is 2.33 bits per heavy atom. The van der Waals surface area contributed by atoms with Gasteiger partial charge in [-0.2, -0.15) is 0 Å². The van der Waals surface area contributed by atoms with Crippen LogP contribution in [0.3, 0.4) is 0 Å². The summed E-state index contributed by atoms with van der Waals surface area (Å²) in [7, 11) is 0. The van der Waals surface area contributed by atoms with Gasteiger partial charge in [0.2, 0.25) is 5.91 Å². The summed E-state index contributed by atoms with van der Waals surface area (Å²) in [5.74, 6) is -0.307. The predicted octanol–water partition coefficient (Wildman–Crippen LogP) is -0.0903. The Hall–Kier alpha value is -1.89. The number of carbonyl (C=O) groups is 2. The van der Waals surface area contributed by atoms with Crippen molar-refractivity contribution in [3.63, 3.8) is 0 Å².